The van der Waals surface area contributed by atoms with Crippen LogP contribution in [0.1, 0.15) is 26.3 Å². The SMILES string of the molecule is C/C=C(\C)C(C)SCCNC(=O)OCc1ccccc1. The molecule has 1 amide bonds. The van der Waals surface area contributed by atoms with E-state index in [0.717, 1.165) is 11.3 Å². The molecule has 3 nitrogen and oxygen atoms in total. The summed E-state index contributed by atoms with van der Waals surface area (Å²) in [5.74, 6) is 0.882. The van der Waals surface area contributed by atoms with Crippen LogP contribution in [-0.4, -0.2) is 23.6 Å². The summed E-state index contributed by atoms with van der Waals surface area (Å²) in [6.07, 6.45) is 1.77. The molecule has 1 atom stereocenters. The molecule has 20 heavy (non-hydrogen) atoms. The average Bonchev–Trinajstić information content (AvgIpc) is 2.49. The molecule has 0 spiro atoms. The highest BCUT2D eigenvalue weighted by Crippen LogP contribution is 2.17. The molecule has 1 unspecified atom stereocenters. The summed E-state index contributed by atoms with van der Waals surface area (Å²) in [6, 6.07) is 9.67. The molecule has 1 N–H and O–H groups in total. The van der Waals surface area contributed by atoms with Gasteiger partial charge in [-0.1, -0.05) is 42.0 Å². The molecule has 0 heterocycles. The van der Waals surface area contributed by atoms with Crippen molar-refractivity contribution in [1.29, 1.82) is 0 Å². The highest BCUT2D eigenvalue weighted by atomic mass is 32.2. The number of alkyl carbamates (subject to hydrolysis) is 1. The van der Waals surface area contributed by atoms with Crippen LogP contribution < -0.4 is 5.32 Å². The van der Waals surface area contributed by atoms with E-state index in [9.17, 15) is 4.79 Å². The number of benzene rings is 1. The third-order valence-corrected chi connectivity index (χ3v) is 4.36. The van der Waals surface area contributed by atoms with Crippen LogP contribution >= 0.6 is 11.8 Å². The molecule has 0 fully saturated rings. The Balaban J connectivity index is 2.12. The van der Waals surface area contributed by atoms with Crippen molar-refractivity contribution in [2.45, 2.75) is 32.6 Å². The van der Waals surface area contributed by atoms with E-state index < -0.39 is 0 Å². The first kappa shape index (κ1) is 16.6. The number of allylic oxidation sites excluding steroid dienone is 1. The zero-order valence-corrected chi connectivity index (χ0v) is 13.2. The van der Waals surface area contributed by atoms with Crippen LogP contribution in [0.4, 0.5) is 4.79 Å². The van der Waals surface area contributed by atoms with E-state index in [1.165, 1.54) is 5.57 Å². The number of amides is 1. The summed E-state index contributed by atoms with van der Waals surface area (Å²) < 4.78 is 5.13. The lowest BCUT2D eigenvalue weighted by Crippen LogP contribution is -2.26. The molecule has 4 heteroatoms. The number of rotatable bonds is 7. The first-order valence-corrected chi connectivity index (χ1v) is 7.87. The van der Waals surface area contributed by atoms with Gasteiger partial charge in [0.05, 0.1) is 0 Å². The predicted molar refractivity (Wildman–Crippen MR) is 86.0 cm³/mol. The summed E-state index contributed by atoms with van der Waals surface area (Å²) in [5.41, 5.74) is 2.36. The van der Waals surface area contributed by atoms with Crippen LogP contribution in [0.5, 0.6) is 0 Å². The van der Waals surface area contributed by atoms with Gasteiger partial charge in [-0.15, -0.1) is 0 Å². The maximum Gasteiger partial charge on any atom is 0.407 e. The molecule has 0 saturated heterocycles. The Hall–Kier alpha value is -1.42. The van der Waals surface area contributed by atoms with Gasteiger partial charge in [0.15, 0.2) is 0 Å². The fourth-order valence-electron chi connectivity index (χ4n) is 1.53. The van der Waals surface area contributed by atoms with E-state index >= 15 is 0 Å². The predicted octanol–water partition coefficient (Wildman–Crippen LogP) is 4.00. The average molecular weight is 293 g/mol. The van der Waals surface area contributed by atoms with Crippen molar-refractivity contribution in [3.8, 4) is 0 Å². The standard InChI is InChI=1S/C16H23NO2S/c1-4-13(2)14(3)20-11-10-17-16(18)19-12-15-8-6-5-7-9-15/h4-9,14H,10-12H2,1-3H3,(H,17,18)/b13-4+. The summed E-state index contributed by atoms with van der Waals surface area (Å²) in [5, 5.41) is 3.25. The molecular formula is C16H23NO2S. The van der Waals surface area contributed by atoms with Gasteiger partial charge in [-0.2, -0.15) is 11.8 Å². The Bertz CT molecular complexity index is 431. The van der Waals surface area contributed by atoms with Gasteiger partial charge < -0.3 is 10.1 Å². The number of thioether (sulfide) groups is 1. The van der Waals surface area contributed by atoms with E-state index in [2.05, 4.69) is 25.2 Å². The molecular weight excluding hydrogens is 270 g/mol. The van der Waals surface area contributed by atoms with Gasteiger partial charge in [0.2, 0.25) is 0 Å². The lowest BCUT2D eigenvalue weighted by Gasteiger charge is -2.12. The van der Waals surface area contributed by atoms with Crippen LogP contribution in [-0.2, 0) is 11.3 Å². The first-order chi connectivity index (χ1) is 9.63. The maximum atomic E-state index is 11.5. The quantitative estimate of drug-likeness (QED) is 0.610. The van der Waals surface area contributed by atoms with Crippen molar-refractivity contribution in [2.24, 2.45) is 0 Å². The molecule has 110 valence electrons. The van der Waals surface area contributed by atoms with Gasteiger partial charge >= 0.3 is 6.09 Å². The Kier molecular flexibility index (Phi) is 7.88. The molecule has 0 aromatic heterocycles. The largest absolute Gasteiger partial charge is 0.445 e. The topological polar surface area (TPSA) is 38.3 Å². The highest BCUT2D eigenvalue weighted by molar-refractivity contribution is 8.00. The zero-order valence-electron chi connectivity index (χ0n) is 12.4. The number of hydrogen-bond acceptors (Lipinski definition) is 3. The molecule has 0 bridgehead atoms. The second kappa shape index (κ2) is 9.48. The summed E-state index contributed by atoms with van der Waals surface area (Å²) in [4.78, 5) is 11.5. The minimum atomic E-state index is -0.357. The molecule has 0 aliphatic rings. The Morgan fingerprint density at radius 1 is 1.40 bits per heavy atom. The normalized spacial score (nSPS) is 12.8. The monoisotopic (exact) mass is 293 g/mol. The van der Waals surface area contributed by atoms with Gasteiger partial charge in [0.1, 0.15) is 6.61 Å². The maximum absolute atomic E-state index is 11.5. The van der Waals surface area contributed by atoms with Crippen molar-refractivity contribution >= 4 is 17.9 Å². The molecule has 1 aromatic carbocycles. The lowest BCUT2D eigenvalue weighted by molar-refractivity contribution is 0.140. The van der Waals surface area contributed by atoms with E-state index in [1.54, 1.807) is 0 Å². The van der Waals surface area contributed by atoms with Crippen molar-refractivity contribution in [1.82, 2.24) is 5.32 Å². The second-order valence-electron chi connectivity index (χ2n) is 4.53. The zero-order chi connectivity index (χ0) is 14.8. The number of ether oxygens (including phenoxy) is 1. The molecule has 0 aliphatic carbocycles. The number of carbonyl (C=O) groups is 1. The fraction of sp³-hybridized carbons (Fsp3) is 0.438. The smallest absolute Gasteiger partial charge is 0.407 e. The Morgan fingerprint density at radius 2 is 2.10 bits per heavy atom. The van der Waals surface area contributed by atoms with Crippen LogP contribution in [0.2, 0.25) is 0 Å². The van der Waals surface area contributed by atoms with Crippen LogP contribution in [0.3, 0.4) is 0 Å². The van der Waals surface area contributed by atoms with Crippen molar-refractivity contribution < 1.29 is 9.53 Å². The summed E-state index contributed by atoms with van der Waals surface area (Å²) in [6.45, 7) is 7.28. The first-order valence-electron chi connectivity index (χ1n) is 6.82. The van der Waals surface area contributed by atoms with Crippen LogP contribution in [0.15, 0.2) is 42.0 Å². The van der Waals surface area contributed by atoms with E-state index in [1.807, 2.05) is 49.0 Å². The number of nitrogens with one attached hydrogen (secondary N) is 1. The minimum Gasteiger partial charge on any atom is -0.445 e. The van der Waals surface area contributed by atoms with Crippen molar-refractivity contribution in [3.05, 3.63) is 47.5 Å². The molecule has 1 aromatic rings. The third kappa shape index (κ3) is 6.66. The molecule has 0 aliphatic heterocycles. The Labute approximate surface area is 125 Å². The minimum absolute atomic E-state index is 0.313. The number of hydrogen-bond donors (Lipinski definition) is 1. The highest BCUT2D eigenvalue weighted by Gasteiger charge is 2.05. The third-order valence-electron chi connectivity index (χ3n) is 3.05. The Morgan fingerprint density at radius 3 is 2.75 bits per heavy atom. The molecule has 1 rings (SSSR count). The summed E-state index contributed by atoms with van der Waals surface area (Å²) >= 11 is 1.83. The van der Waals surface area contributed by atoms with Gasteiger partial charge in [0, 0.05) is 17.5 Å². The fourth-order valence-corrected chi connectivity index (χ4v) is 2.50. The van der Waals surface area contributed by atoms with E-state index in [-0.39, 0.29) is 6.09 Å². The van der Waals surface area contributed by atoms with Crippen LogP contribution in [0, 0.1) is 0 Å². The van der Waals surface area contributed by atoms with E-state index in [0.29, 0.717) is 18.4 Å². The van der Waals surface area contributed by atoms with Gasteiger partial charge in [-0.25, -0.2) is 4.79 Å². The second-order valence-corrected chi connectivity index (χ2v) is 5.98. The number of carbonyl (C=O) groups excluding carboxylic acids is 1. The van der Waals surface area contributed by atoms with Crippen molar-refractivity contribution in [2.75, 3.05) is 12.3 Å². The lowest BCUT2D eigenvalue weighted by atomic mass is 10.2. The summed E-state index contributed by atoms with van der Waals surface area (Å²) in [7, 11) is 0. The van der Waals surface area contributed by atoms with Crippen LogP contribution in [0.25, 0.3) is 0 Å². The van der Waals surface area contributed by atoms with Crippen molar-refractivity contribution in [3.63, 3.8) is 0 Å². The van der Waals surface area contributed by atoms with Gasteiger partial charge in [-0.3, -0.25) is 0 Å². The van der Waals surface area contributed by atoms with Gasteiger partial charge in [-0.05, 0) is 26.3 Å². The molecule has 0 saturated carbocycles. The van der Waals surface area contributed by atoms with Gasteiger partial charge in [0.25, 0.3) is 0 Å². The van der Waals surface area contributed by atoms with E-state index in [4.69, 9.17) is 4.74 Å². The molecule has 0 radical (unpaired) electrons.